The smallest absolute Gasteiger partial charge is 0.119 e. The summed E-state index contributed by atoms with van der Waals surface area (Å²) in [6.07, 6.45) is 3.71. The van der Waals surface area contributed by atoms with E-state index in [4.69, 9.17) is 9.47 Å². The summed E-state index contributed by atoms with van der Waals surface area (Å²) in [4.78, 5) is 4.57. The topological polar surface area (TPSA) is 24.9 Å². The van der Waals surface area contributed by atoms with Gasteiger partial charge in [0.2, 0.25) is 0 Å². The van der Waals surface area contributed by atoms with Gasteiger partial charge in [0.05, 0.1) is 12.7 Å². The van der Waals surface area contributed by atoms with Crippen LogP contribution in [0.5, 0.6) is 5.75 Å². The number of likely N-dealkylation sites (N-methyl/N-ethyl adjacent to an activating group) is 1. The van der Waals surface area contributed by atoms with Gasteiger partial charge in [-0.05, 0) is 97.0 Å². The van der Waals surface area contributed by atoms with Crippen LogP contribution in [-0.2, 0) is 11.2 Å². The molecule has 5 rings (SSSR count). The molecule has 3 aromatic rings. The van der Waals surface area contributed by atoms with Gasteiger partial charge in [-0.2, -0.15) is 0 Å². The van der Waals surface area contributed by atoms with Gasteiger partial charge in [0.1, 0.15) is 5.75 Å². The average molecular weight is 429 g/mol. The van der Waals surface area contributed by atoms with Gasteiger partial charge >= 0.3 is 0 Å². The number of anilines is 3. The van der Waals surface area contributed by atoms with E-state index >= 15 is 0 Å². The summed E-state index contributed by atoms with van der Waals surface area (Å²) in [7, 11) is 4.30. The van der Waals surface area contributed by atoms with Gasteiger partial charge in [-0.15, -0.1) is 0 Å². The predicted octanol–water partition coefficient (Wildman–Crippen LogP) is 6.04. The Hall–Kier alpha value is -2.98. The van der Waals surface area contributed by atoms with E-state index in [0.717, 1.165) is 31.0 Å². The standard InChI is InChI=1S/C28H32N2O2/c1-4-31-25-13-11-22(12-14-25)30(3)24-10-8-21-16-20-7-9-23(17-27(20)28(21)18-24)29(2)19-26-6-5-15-32-26/h7-14,17-18,26H,4-6,15-16,19H2,1-3H3. The van der Waals surface area contributed by atoms with Gasteiger partial charge in [-0.3, -0.25) is 0 Å². The molecule has 1 unspecified atom stereocenters. The lowest BCUT2D eigenvalue weighted by Crippen LogP contribution is -2.28. The maximum absolute atomic E-state index is 5.84. The van der Waals surface area contributed by atoms with Crippen LogP contribution in [0.15, 0.2) is 60.7 Å². The lowest BCUT2D eigenvalue weighted by molar-refractivity contribution is 0.116. The second-order valence-corrected chi connectivity index (χ2v) is 8.86. The molecule has 4 nitrogen and oxygen atoms in total. The van der Waals surface area contributed by atoms with Gasteiger partial charge in [0.15, 0.2) is 0 Å². The lowest BCUT2D eigenvalue weighted by Gasteiger charge is -2.23. The van der Waals surface area contributed by atoms with Crippen molar-refractivity contribution in [2.24, 2.45) is 0 Å². The fourth-order valence-corrected chi connectivity index (χ4v) is 4.87. The molecule has 1 aliphatic heterocycles. The normalized spacial score (nSPS) is 16.5. The summed E-state index contributed by atoms with van der Waals surface area (Å²) >= 11 is 0. The van der Waals surface area contributed by atoms with Crippen LogP contribution in [0.1, 0.15) is 30.9 Å². The first-order chi connectivity index (χ1) is 15.6. The number of rotatable bonds is 7. The highest BCUT2D eigenvalue weighted by molar-refractivity contribution is 5.83. The highest BCUT2D eigenvalue weighted by atomic mass is 16.5. The molecule has 0 aromatic heterocycles. The molecule has 0 radical (unpaired) electrons. The molecule has 2 aliphatic rings. The molecule has 0 amide bonds. The highest BCUT2D eigenvalue weighted by Crippen LogP contribution is 2.41. The molecule has 1 atom stereocenters. The van der Waals surface area contributed by atoms with Gasteiger partial charge < -0.3 is 19.3 Å². The van der Waals surface area contributed by atoms with Crippen LogP contribution in [0.25, 0.3) is 11.1 Å². The van der Waals surface area contributed by atoms with Crippen molar-refractivity contribution in [1.29, 1.82) is 0 Å². The first-order valence-electron chi connectivity index (χ1n) is 11.7. The van der Waals surface area contributed by atoms with Crippen molar-refractivity contribution in [3.8, 4) is 16.9 Å². The van der Waals surface area contributed by atoms with Crippen molar-refractivity contribution < 1.29 is 9.47 Å². The SMILES string of the molecule is CCOc1ccc(N(C)c2ccc3c(c2)-c2cc(N(C)CC4CCCO4)ccc2C3)cc1. The molecule has 1 fully saturated rings. The summed E-state index contributed by atoms with van der Waals surface area (Å²) in [6.45, 7) is 4.55. The van der Waals surface area contributed by atoms with Crippen LogP contribution in [-0.4, -0.2) is 40.0 Å². The van der Waals surface area contributed by atoms with Crippen molar-refractivity contribution in [2.45, 2.75) is 32.3 Å². The number of fused-ring (bicyclic) bond motifs is 3. The summed E-state index contributed by atoms with van der Waals surface area (Å²) in [5, 5.41) is 0. The largest absolute Gasteiger partial charge is 0.494 e. The van der Waals surface area contributed by atoms with Crippen molar-refractivity contribution in [2.75, 3.05) is 43.7 Å². The lowest BCUT2D eigenvalue weighted by atomic mass is 10.0. The molecular weight excluding hydrogens is 396 g/mol. The zero-order valence-corrected chi connectivity index (χ0v) is 19.3. The van der Waals surface area contributed by atoms with E-state index in [9.17, 15) is 0 Å². The molecule has 1 heterocycles. The van der Waals surface area contributed by atoms with Gasteiger partial charge in [-0.25, -0.2) is 0 Å². The molecule has 0 saturated carbocycles. The Morgan fingerprint density at radius 3 is 2.19 bits per heavy atom. The molecule has 1 saturated heterocycles. The third-order valence-corrected chi connectivity index (χ3v) is 6.72. The maximum atomic E-state index is 5.84. The second kappa shape index (κ2) is 8.87. The monoisotopic (exact) mass is 428 g/mol. The van der Waals surface area contributed by atoms with Crippen LogP contribution in [0.4, 0.5) is 17.1 Å². The fourth-order valence-electron chi connectivity index (χ4n) is 4.87. The van der Waals surface area contributed by atoms with Crippen molar-refractivity contribution in [3.63, 3.8) is 0 Å². The molecular formula is C28H32N2O2. The second-order valence-electron chi connectivity index (χ2n) is 8.86. The van der Waals surface area contributed by atoms with Crippen LogP contribution in [0, 0.1) is 0 Å². The molecule has 3 aromatic carbocycles. The van der Waals surface area contributed by atoms with Crippen LogP contribution in [0.3, 0.4) is 0 Å². The summed E-state index contributed by atoms with van der Waals surface area (Å²) in [5.41, 5.74) is 9.13. The first kappa shape index (κ1) is 20.9. The van der Waals surface area contributed by atoms with Gasteiger partial charge in [0, 0.05) is 44.3 Å². The van der Waals surface area contributed by atoms with Crippen molar-refractivity contribution in [1.82, 2.24) is 0 Å². The Bertz CT molecular complexity index is 1090. The molecule has 0 spiro atoms. The molecule has 32 heavy (non-hydrogen) atoms. The van der Waals surface area contributed by atoms with E-state index in [-0.39, 0.29) is 0 Å². The maximum Gasteiger partial charge on any atom is 0.119 e. The van der Waals surface area contributed by atoms with Crippen molar-refractivity contribution >= 4 is 17.1 Å². The average Bonchev–Trinajstić information content (AvgIpc) is 3.46. The number of hydrogen-bond donors (Lipinski definition) is 0. The third-order valence-electron chi connectivity index (χ3n) is 6.72. The van der Waals surface area contributed by atoms with Crippen LogP contribution < -0.4 is 14.5 Å². The van der Waals surface area contributed by atoms with Crippen LogP contribution >= 0.6 is 0 Å². The van der Waals surface area contributed by atoms with E-state index in [2.05, 4.69) is 72.4 Å². The Balaban J connectivity index is 1.40. The Kier molecular flexibility index (Phi) is 5.79. The molecule has 166 valence electrons. The fraction of sp³-hybridized carbons (Fsp3) is 0.357. The van der Waals surface area contributed by atoms with E-state index in [1.807, 2.05) is 19.1 Å². The number of hydrogen-bond acceptors (Lipinski definition) is 4. The summed E-state index contributed by atoms with van der Waals surface area (Å²) < 4.78 is 11.4. The first-order valence-corrected chi connectivity index (χ1v) is 11.7. The number of ether oxygens (including phenoxy) is 2. The van der Waals surface area contributed by atoms with Crippen molar-refractivity contribution in [3.05, 3.63) is 71.8 Å². The molecule has 4 heteroatoms. The van der Waals surface area contributed by atoms with Crippen LogP contribution in [0.2, 0.25) is 0 Å². The highest BCUT2D eigenvalue weighted by Gasteiger charge is 2.22. The predicted molar refractivity (Wildman–Crippen MR) is 133 cm³/mol. The minimum atomic E-state index is 0.356. The number of benzene rings is 3. The Labute approximate surface area is 191 Å². The zero-order valence-electron chi connectivity index (χ0n) is 19.3. The molecule has 0 bridgehead atoms. The van der Waals surface area contributed by atoms with E-state index in [0.29, 0.717) is 12.7 Å². The summed E-state index contributed by atoms with van der Waals surface area (Å²) in [6, 6.07) is 22.1. The minimum Gasteiger partial charge on any atom is -0.494 e. The van der Waals surface area contributed by atoms with Gasteiger partial charge in [-0.1, -0.05) is 12.1 Å². The Morgan fingerprint density at radius 1 is 0.875 bits per heavy atom. The zero-order chi connectivity index (χ0) is 22.1. The van der Waals surface area contributed by atoms with E-state index < -0.39 is 0 Å². The molecule has 0 N–H and O–H groups in total. The minimum absolute atomic E-state index is 0.356. The number of nitrogens with zero attached hydrogens (tertiary/aromatic N) is 2. The molecule has 1 aliphatic carbocycles. The quantitative estimate of drug-likeness (QED) is 0.358. The third kappa shape index (κ3) is 4.07. The van der Waals surface area contributed by atoms with E-state index in [1.165, 1.54) is 46.5 Å². The Morgan fingerprint density at radius 2 is 1.53 bits per heavy atom. The van der Waals surface area contributed by atoms with E-state index in [1.54, 1.807) is 0 Å². The van der Waals surface area contributed by atoms with Gasteiger partial charge in [0.25, 0.3) is 0 Å². The summed E-state index contributed by atoms with van der Waals surface area (Å²) in [5.74, 6) is 0.909.